The Balaban J connectivity index is 1.64. The number of carbonyl (C=O) groups is 1. The normalized spacial score (nSPS) is 10.7. The number of carbonyl (C=O) groups excluding carboxylic acids is 1. The number of benzene rings is 1. The van der Waals surface area contributed by atoms with E-state index in [0.717, 1.165) is 11.3 Å². The summed E-state index contributed by atoms with van der Waals surface area (Å²) in [5, 5.41) is 3.96. The lowest BCUT2D eigenvalue weighted by Gasteiger charge is -2.00. The average molecular weight is 290 g/mol. The molecule has 22 heavy (non-hydrogen) atoms. The van der Waals surface area contributed by atoms with E-state index in [0.29, 0.717) is 5.56 Å². The molecule has 1 amide bonds. The zero-order chi connectivity index (χ0) is 15.2. The third-order valence-corrected chi connectivity index (χ3v) is 3.07. The number of nitrogens with zero attached hydrogens (tertiary/aromatic N) is 3. The molecule has 0 saturated heterocycles. The van der Waals surface area contributed by atoms with Crippen LogP contribution in [0, 0.1) is 0 Å². The van der Waals surface area contributed by atoms with Crippen LogP contribution in [0.4, 0.5) is 0 Å². The summed E-state index contributed by atoms with van der Waals surface area (Å²) < 4.78 is 1.99. The van der Waals surface area contributed by atoms with Gasteiger partial charge >= 0.3 is 0 Å². The van der Waals surface area contributed by atoms with E-state index in [1.165, 1.54) is 6.20 Å². The van der Waals surface area contributed by atoms with Crippen LogP contribution in [0.2, 0.25) is 0 Å². The van der Waals surface area contributed by atoms with Crippen LogP contribution in [-0.2, 0) is 0 Å². The molecule has 3 aromatic rings. The van der Waals surface area contributed by atoms with Gasteiger partial charge in [0.1, 0.15) is 0 Å². The van der Waals surface area contributed by atoms with E-state index in [1.54, 1.807) is 24.5 Å². The Kier molecular flexibility index (Phi) is 4.06. The van der Waals surface area contributed by atoms with Crippen molar-refractivity contribution < 1.29 is 4.79 Å². The maximum Gasteiger partial charge on any atom is 0.272 e. The Morgan fingerprint density at radius 1 is 1.14 bits per heavy atom. The van der Waals surface area contributed by atoms with Gasteiger partial charge in [0.15, 0.2) is 0 Å². The van der Waals surface area contributed by atoms with Crippen LogP contribution < -0.4 is 5.43 Å². The molecule has 1 N–H and O–H groups in total. The van der Waals surface area contributed by atoms with E-state index < -0.39 is 0 Å². The largest absolute Gasteiger partial charge is 0.323 e. The standard InChI is InChI=1S/C17H14N4O/c22-17(15-5-4-9-18-12-15)20-19-11-14-8-10-21(13-14)16-6-2-1-3-7-16/h1-13H,(H,20,22)/b19-11-. The van der Waals surface area contributed by atoms with Crippen LogP contribution >= 0.6 is 0 Å². The molecule has 0 fully saturated rings. The van der Waals surface area contributed by atoms with Crippen LogP contribution in [-0.4, -0.2) is 21.7 Å². The molecule has 108 valence electrons. The van der Waals surface area contributed by atoms with Gasteiger partial charge in [-0.1, -0.05) is 18.2 Å². The second-order valence-electron chi connectivity index (χ2n) is 4.63. The van der Waals surface area contributed by atoms with Crippen molar-refractivity contribution in [2.75, 3.05) is 0 Å². The first-order valence-corrected chi connectivity index (χ1v) is 6.80. The van der Waals surface area contributed by atoms with Gasteiger partial charge in [-0.25, -0.2) is 5.43 Å². The van der Waals surface area contributed by atoms with Crippen molar-refractivity contribution in [2.45, 2.75) is 0 Å². The highest BCUT2D eigenvalue weighted by atomic mass is 16.2. The number of hydrogen-bond donors (Lipinski definition) is 1. The van der Waals surface area contributed by atoms with E-state index in [4.69, 9.17) is 0 Å². The highest BCUT2D eigenvalue weighted by Crippen LogP contribution is 2.08. The third-order valence-electron chi connectivity index (χ3n) is 3.07. The van der Waals surface area contributed by atoms with Gasteiger partial charge in [0, 0.05) is 36.0 Å². The summed E-state index contributed by atoms with van der Waals surface area (Å²) >= 11 is 0. The van der Waals surface area contributed by atoms with Gasteiger partial charge < -0.3 is 4.57 Å². The number of aromatic nitrogens is 2. The number of para-hydroxylation sites is 1. The molecule has 0 atom stereocenters. The van der Waals surface area contributed by atoms with Crippen molar-refractivity contribution in [1.82, 2.24) is 15.0 Å². The van der Waals surface area contributed by atoms with Crippen molar-refractivity contribution in [2.24, 2.45) is 5.10 Å². The highest BCUT2D eigenvalue weighted by Gasteiger charge is 2.02. The quantitative estimate of drug-likeness (QED) is 0.593. The Morgan fingerprint density at radius 3 is 2.77 bits per heavy atom. The molecule has 5 nitrogen and oxygen atoms in total. The summed E-state index contributed by atoms with van der Waals surface area (Å²) in [7, 11) is 0. The molecule has 1 aromatic carbocycles. The summed E-state index contributed by atoms with van der Waals surface area (Å²) in [5.41, 5.74) is 4.92. The number of nitrogens with one attached hydrogen (secondary N) is 1. The van der Waals surface area contributed by atoms with Crippen LogP contribution in [0.5, 0.6) is 0 Å². The lowest BCUT2D eigenvalue weighted by atomic mass is 10.3. The minimum Gasteiger partial charge on any atom is -0.323 e. The number of hydrazone groups is 1. The van der Waals surface area contributed by atoms with Gasteiger partial charge in [-0.05, 0) is 30.3 Å². The Hall–Kier alpha value is -3.21. The van der Waals surface area contributed by atoms with Crippen molar-refractivity contribution >= 4 is 12.1 Å². The molecule has 0 bridgehead atoms. The van der Waals surface area contributed by atoms with Gasteiger partial charge in [-0.3, -0.25) is 9.78 Å². The maximum atomic E-state index is 11.8. The molecule has 2 aromatic heterocycles. The molecule has 2 heterocycles. The fourth-order valence-electron chi connectivity index (χ4n) is 1.98. The fourth-order valence-corrected chi connectivity index (χ4v) is 1.98. The second kappa shape index (κ2) is 6.49. The van der Waals surface area contributed by atoms with E-state index in [1.807, 2.05) is 53.4 Å². The smallest absolute Gasteiger partial charge is 0.272 e. The van der Waals surface area contributed by atoms with Gasteiger partial charge in [0.05, 0.1) is 11.8 Å². The Bertz CT molecular complexity index is 779. The van der Waals surface area contributed by atoms with Gasteiger partial charge in [-0.2, -0.15) is 5.10 Å². The van der Waals surface area contributed by atoms with Crippen LogP contribution in [0.1, 0.15) is 15.9 Å². The number of rotatable bonds is 4. The van der Waals surface area contributed by atoms with Gasteiger partial charge in [-0.15, -0.1) is 0 Å². The molecule has 0 radical (unpaired) electrons. The van der Waals surface area contributed by atoms with Crippen molar-refractivity contribution in [3.63, 3.8) is 0 Å². The highest BCUT2D eigenvalue weighted by molar-refractivity contribution is 5.94. The monoisotopic (exact) mass is 290 g/mol. The van der Waals surface area contributed by atoms with Crippen LogP contribution in [0.25, 0.3) is 5.69 Å². The molecule has 0 aliphatic rings. The number of pyridine rings is 1. The van der Waals surface area contributed by atoms with Crippen molar-refractivity contribution in [3.05, 3.63) is 84.4 Å². The SMILES string of the molecule is O=C(N/N=C\c1ccn(-c2ccccc2)c1)c1cccnc1. The number of amides is 1. The Labute approximate surface area is 127 Å². The summed E-state index contributed by atoms with van der Waals surface area (Å²) in [6, 6.07) is 15.3. The number of hydrogen-bond acceptors (Lipinski definition) is 3. The fraction of sp³-hybridized carbons (Fsp3) is 0. The van der Waals surface area contributed by atoms with Crippen LogP contribution in [0.15, 0.2) is 78.4 Å². The lowest BCUT2D eigenvalue weighted by Crippen LogP contribution is -2.17. The molecule has 3 rings (SSSR count). The maximum absolute atomic E-state index is 11.8. The van der Waals surface area contributed by atoms with Crippen LogP contribution in [0.3, 0.4) is 0 Å². The average Bonchev–Trinajstić information content (AvgIpc) is 3.05. The molecule has 0 aliphatic heterocycles. The van der Waals surface area contributed by atoms with Gasteiger partial charge in [0.2, 0.25) is 0 Å². The van der Waals surface area contributed by atoms with E-state index >= 15 is 0 Å². The summed E-state index contributed by atoms with van der Waals surface area (Å²) in [6.45, 7) is 0. The Morgan fingerprint density at radius 2 is 2.00 bits per heavy atom. The van der Waals surface area contributed by atoms with Gasteiger partial charge in [0.25, 0.3) is 5.91 Å². The minimum absolute atomic E-state index is 0.285. The topological polar surface area (TPSA) is 59.3 Å². The minimum atomic E-state index is -0.285. The first-order chi connectivity index (χ1) is 10.8. The summed E-state index contributed by atoms with van der Waals surface area (Å²) in [6.07, 6.45) is 8.60. The molecular formula is C17H14N4O. The lowest BCUT2D eigenvalue weighted by molar-refractivity contribution is 0.0955. The molecule has 0 spiro atoms. The first kappa shape index (κ1) is 13.8. The molecule has 5 heteroatoms. The molecule has 0 unspecified atom stereocenters. The van der Waals surface area contributed by atoms with Crippen molar-refractivity contribution in [1.29, 1.82) is 0 Å². The zero-order valence-corrected chi connectivity index (χ0v) is 11.8. The first-order valence-electron chi connectivity index (χ1n) is 6.80. The molecular weight excluding hydrogens is 276 g/mol. The molecule has 0 aliphatic carbocycles. The predicted molar refractivity (Wildman–Crippen MR) is 85.1 cm³/mol. The zero-order valence-electron chi connectivity index (χ0n) is 11.8. The molecule has 0 saturated carbocycles. The predicted octanol–water partition coefficient (Wildman–Crippen LogP) is 2.64. The third kappa shape index (κ3) is 3.27. The summed E-state index contributed by atoms with van der Waals surface area (Å²) in [4.78, 5) is 15.7. The second-order valence-corrected chi connectivity index (χ2v) is 4.63. The summed E-state index contributed by atoms with van der Waals surface area (Å²) in [5.74, 6) is -0.285. The van der Waals surface area contributed by atoms with E-state index in [9.17, 15) is 4.79 Å². The van der Waals surface area contributed by atoms with E-state index in [-0.39, 0.29) is 5.91 Å². The van der Waals surface area contributed by atoms with Crippen molar-refractivity contribution in [3.8, 4) is 5.69 Å². The van der Waals surface area contributed by atoms with E-state index in [2.05, 4.69) is 15.5 Å².